The van der Waals surface area contributed by atoms with Crippen LogP contribution < -0.4 is 5.32 Å². The second kappa shape index (κ2) is 6.78. The highest BCUT2D eigenvalue weighted by molar-refractivity contribution is 5.94. The number of aryl methyl sites for hydroxylation is 1. The first kappa shape index (κ1) is 17.9. The molecule has 2 aliphatic rings. The normalized spacial score (nSPS) is 19.2. The zero-order valence-electron chi connectivity index (χ0n) is 15.6. The van der Waals surface area contributed by atoms with Crippen LogP contribution in [0.15, 0.2) is 0 Å². The van der Waals surface area contributed by atoms with Crippen molar-refractivity contribution < 1.29 is 14.3 Å². The van der Waals surface area contributed by atoms with Crippen LogP contribution in [0.3, 0.4) is 0 Å². The topological polar surface area (TPSA) is 76.5 Å². The molecule has 2 amide bonds. The fourth-order valence-corrected chi connectivity index (χ4v) is 3.78. The van der Waals surface area contributed by atoms with E-state index in [9.17, 15) is 9.59 Å². The number of hydrogen-bond donors (Lipinski definition) is 1. The Bertz CT molecular complexity index is 672. The standard InChI is InChI=1S/C18H28N4O3/c1-5-15(23)22-8-6-18(7-9-22)10-14-13(11-25-18)16(20-21(14)4)17(24)19-12(2)3/h12H,5-11H2,1-4H3,(H,19,24). The first-order valence-electron chi connectivity index (χ1n) is 9.12. The van der Waals surface area contributed by atoms with Crippen LogP contribution in [-0.4, -0.2) is 51.2 Å². The number of fused-ring (bicyclic) bond motifs is 1. The number of likely N-dealkylation sites (tertiary alicyclic amines) is 1. The third-order valence-electron chi connectivity index (χ3n) is 5.25. The van der Waals surface area contributed by atoms with Gasteiger partial charge < -0.3 is 15.0 Å². The molecule has 7 heteroatoms. The monoisotopic (exact) mass is 348 g/mol. The molecule has 0 saturated carbocycles. The van der Waals surface area contributed by atoms with E-state index in [1.165, 1.54) is 0 Å². The Hall–Kier alpha value is -1.89. The van der Waals surface area contributed by atoms with Gasteiger partial charge >= 0.3 is 0 Å². The summed E-state index contributed by atoms with van der Waals surface area (Å²) < 4.78 is 8.05. The Labute approximate surface area is 148 Å². The fraction of sp³-hybridized carbons (Fsp3) is 0.722. The van der Waals surface area contributed by atoms with E-state index in [-0.39, 0.29) is 23.5 Å². The third kappa shape index (κ3) is 3.42. The molecule has 0 unspecified atom stereocenters. The van der Waals surface area contributed by atoms with Crippen molar-refractivity contribution in [2.75, 3.05) is 13.1 Å². The summed E-state index contributed by atoms with van der Waals surface area (Å²) in [7, 11) is 1.89. The maximum absolute atomic E-state index is 12.4. The largest absolute Gasteiger partial charge is 0.370 e. The van der Waals surface area contributed by atoms with Gasteiger partial charge in [-0.3, -0.25) is 14.3 Å². The molecule has 1 aromatic heterocycles. The number of amides is 2. The molecule has 1 saturated heterocycles. The van der Waals surface area contributed by atoms with Crippen LogP contribution in [0.25, 0.3) is 0 Å². The van der Waals surface area contributed by atoms with Gasteiger partial charge in [-0.05, 0) is 26.7 Å². The molecule has 1 aromatic rings. The van der Waals surface area contributed by atoms with E-state index >= 15 is 0 Å². The predicted octanol–water partition coefficient (Wildman–Crippen LogP) is 1.40. The van der Waals surface area contributed by atoms with E-state index in [1.807, 2.05) is 37.4 Å². The van der Waals surface area contributed by atoms with Crippen molar-refractivity contribution in [2.45, 2.75) is 64.7 Å². The molecule has 2 aliphatic heterocycles. The van der Waals surface area contributed by atoms with E-state index in [1.54, 1.807) is 0 Å². The maximum atomic E-state index is 12.4. The zero-order valence-corrected chi connectivity index (χ0v) is 15.6. The van der Waals surface area contributed by atoms with Gasteiger partial charge in [0, 0.05) is 50.3 Å². The summed E-state index contributed by atoms with van der Waals surface area (Å²) in [5, 5.41) is 7.34. The van der Waals surface area contributed by atoms with Crippen LogP contribution in [0.1, 0.15) is 61.8 Å². The van der Waals surface area contributed by atoms with Crippen molar-refractivity contribution in [3.8, 4) is 0 Å². The van der Waals surface area contributed by atoms with E-state index < -0.39 is 0 Å². The van der Waals surface area contributed by atoms with E-state index in [4.69, 9.17) is 4.74 Å². The highest BCUT2D eigenvalue weighted by Crippen LogP contribution is 2.37. The Morgan fingerprint density at radius 3 is 2.60 bits per heavy atom. The lowest BCUT2D eigenvalue weighted by Gasteiger charge is -2.43. The van der Waals surface area contributed by atoms with Gasteiger partial charge in [-0.1, -0.05) is 6.92 Å². The molecule has 1 fully saturated rings. The second-order valence-corrected chi connectivity index (χ2v) is 7.41. The van der Waals surface area contributed by atoms with Crippen molar-refractivity contribution in [3.05, 3.63) is 17.0 Å². The molecule has 0 bridgehead atoms. The average molecular weight is 348 g/mol. The molecular formula is C18H28N4O3. The van der Waals surface area contributed by atoms with E-state index in [2.05, 4.69) is 10.4 Å². The number of carbonyl (C=O) groups is 2. The minimum atomic E-state index is -0.239. The number of ether oxygens (including phenoxy) is 1. The minimum absolute atomic E-state index is 0.0708. The van der Waals surface area contributed by atoms with Crippen molar-refractivity contribution in [3.63, 3.8) is 0 Å². The Balaban J connectivity index is 1.76. The van der Waals surface area contributed by atoms with Crippen molar-refractivity contribution in [1.82, 2.24) is 20.0 Å². The molecule has 138 valence electrons. The fourth-order valence-electron chi connectivity index (χ4n) is 3.78. The van der Waals surface area contributed by atoms with Crippen molar-refractivity contribution >= 4 is 11.8 Å². The van der Waals surface area contributed by atoms with Crippen molar-refractivity contribution in [2.24, 2.45) is 7.05 Å². The predicted molar refractivity (Wildman–Crippen MR) is 93.1 cm³/mol. The highest BCUT2D eigenvalue weighted by atomic mass is 16.5. The minimum Gasteiger partial charge on any atom is -0.370 e. The van der Waals surface area contributed by atoms with Gasteiger partial charge in [0.2, 0.25) is 5.91 Å². The Morgan fingerprint density at radius 2 is 2.00 bits per heavy atom. The highest BCUT2D eigenvalue weighted by Gasteiger charge is 2.42. The molecule has 25 heavy (non-hydrogen) atoms. The van der Waals surface area contributed by atoms with Gasteiger partial charge in [-0.15, -0.1) is 0 Å². The van der Waals surface area contributed by atoms with Gasteiger partial charge in [-0.25, -0.2) is 0 Å². The number of aromatic nitrogens is 2. The summed E-state index contributed by atoms with van der Waals surface area (Å²) in [5.74, 6) is 0.0642. The smallest absolute Gasteiger partial charge is 0.272 e. The number of piperidine rings is 1. The molecule has 0 atom stereocenters. The molecule has 0 aliphatic carbocycles. The summed E-state index contributed by atoms with van der Waals surface area (Å²) in [5.41, 5.74) is 2.21. The number of nitrogens with one attached hydrogen (secondary N) is 1. The maximum Gasteiger partial charge on any atom is 0.272 e. The SMILES string of the molecule is CCC(=O)N1CCC2(CC1)Cc1c(c(C(=O)NC(C)C)nn1C)CO2. The summed E-state index contributed by atoms with van der Waals surface area (Å²) in [4.78, 5) is 26.2. The number of nitrogens with zero attached hydrogens (tertiary/aromatic N) is 3. The van der Waals surface area contributed by atoms with Crippen LogP contribution in [-0.2, 0) is 29.6 Å². The van der Waals surface area contributed by atoms with Gasteiger partial charge in [0.15, 0.2) is 5.69 Å². The summed E-state index contributed by atoms with van der Waals surface area (Å²) in [6.07, 6.45) is 2.96. The van der Waals surface area contributed by atoms with E-state index in [0.29, 0.717) is 18.7 Å². The lowest BCUT2D eigenvalue weighted by atomic mass is 9.83. The van der Waals surface area contributed by atoms with Crippen LogP contribution in [0, 0.1) is 0 Å². The number of hydrogen-bond acceptors (Lipinski definition) is 4. The van der Waals surface area contributed by atoms with Crippen LogP contribution >= 0.6 is 0 Å². The van der Waals surface area contributed by atoms with Gasteiger partial charge in [0.1, 0.15) is 0 Å². The molecular weight excluding hydrogens is 320 g/mol. The van der Waals surface area contributed by atoms with E-state index in [0.717, 1.165) is 43.6 Å². The summed E-state index contributed by atoms with van der Waals surface area (Å²) in [6.45, 7) is 7.65. The van der Waals surface area contributed by atoms with Crippen LogP contribution in [0.5, 0.6) is 0 Å². The average Bonchev–Trinajstić information content (AvgIpc) is 2.90. The van der Waals surface area contributed by atoms with Crippen molar-refractivity contribution in [1.29, 1.82) is 0 Å². The van der Waals surface area contributed by atoms with Gasteiger partial charge in [0.05, 0.1) is 12.2 Å². The molecule has 3 rings (SSSR count). The van der Waals surface area contributed by atoms with Crippen LogP contribution in [0.2, 0.25) is 0 Å². The zero-order chi connectivity index (χ0) is 18.2. The van der Waals surface area contributed by atoms with Crippen LogP contribution in [0.4, 0.5) is 0 Å². The summed E-state index contributed by atoms with van der Waals surface area (Å²) in [6, 6.07) is 0.0708. The molecule has 3 heterocycles. The molecule has 1 spiro atoms. The Morgan fingerprint density at radius 1 is 1.32 bits per heavy atom. The quantitative estimate of drug-likeness (QED) is 0.896. The summed E-state index contributed by atoms with van der Waals surface area (Å²) >= 11 is 0. The molecule has 7 nitrogen and oxygen atoms in total. The first-order valence-corrected chi connectivity index (χ1v) is 9.12. The number of rotatable bonds is 3. The molecule has 0 radical (unpaired) electrons. The third-order valence-corrected chi connectivity index (χ3v) is 5.25. The van der Waals surface area contributed by atoms with Gasteiger partial charge in [0.25, 0.3) is 5.91 Å². The number of carbonyl (C=O) groups excluding carboxylic acids is 2. The molecule has 1 N–H and O–H groups in total. The second-order valence-electron chi connectivity index (χ2n) is 7.41. The Kier molecular flexibility index (Phi) is 4.86. The lowest BCUT2D eigenvalue weighted by molar-refractivity contribution is -0.140. The van der Waals surface area contributed by atoms with Gasteiger partial charge in [-0.2, -0.15) is 5.10 Å². The molecule has 0 aromatic carbocycles. The first-order chi connectivity index (χ1) is 11.8. The lowest BCUT2D eigenvalue weighted by Crippen LogP contribution is -2.50.